The standard InChI is InChI=1S/C21H20ClN5O5S2/c22-16-9-3-1-7-14(16)19(29)24-20-25-26-21(33-20)34(30,31)27-17-10-4-2-8-15(17)18(28)23-12-13-6-5-11-32-13/h1-4,7-10,13,27H,5-6,11-12H2,(H,23,28)(H,24,25,29). The van der Waals surface area contributed by atoms with E-state index in [1.165, 1.54) is 18.2 Å². The zero-order valence-electron chi connectivity index (χ0n) is 17.7. The van der Waals surface area contributed by atoms with Crippen LogP contribution in [0.4, 0.5) is 10.8 Å². The molecular formula is C21H20ClN5O5S2. The molecule has 13 heteroatoms. The highest BCUT2D eigenvalue weighted by atomic mass is 35.5. The summed E-state index contributed by atoms with van der Waals surface area (Å²) in [5, 5.41) is 12.9. The molecule has 1 aromatic heterocycles. The molecule has 1 unspecified atom stereocenters. The number of sulfonamides is 1. The highest BCUT2D eigenvalue weighted by Gasteiger charge is 2.24. The third-order valence-electron chi connectivity index (χ3n) is 4.91. The molecule has 4 rings (SSSR count). The van der Waals surface area contributed by atoms with Gasteiger partial charge in [-0.2, -0.15) is 8.42 Å². The van der Waals surface area contributed by atoms with Crippen molar-refractivity contribution in [2.75, 3.05) is 23.2 Å². The van der Waals surface area contributed by atoms with Gasteiger partial charge in [0.2, 0.25) is 5.13 Å². The summed E-state index contributed by atoms with van der Waals surface area (Å²) in [4.78, 5) is 25.0. The van der Waals surface area contributed by atoms with E-state index in [4.69, 9.17) is 16.3 Å². The van der Waals surface area contributed by atoms with Crippen LogP contribution in [0.25, 0.3) is 0 Å². The number of hydrogen-bond acceptors (Lipinski definition) is 8. The Labute approximate surface area is 204 Å². The van der Waals surface area contributed by atoms with Crippen LogP contribution in [-0.2, 0) is 14.8 Å². The molecule has 34 heavy (non-hydrogen) atoms. The summed E-state index contributed by atoms with van der Waals surface area (Å²) in [6.45, 7) is 1.00. The lowest BCUT2D eigenvalue weighted by Crippen LogP contribution is -2.32. The van der Waals surface area contributed by atoms with E-state index < -0.39 is 21.8 Å². The Bertz CT molecular complexity index is 1310. The maximum absolute atomic E-state index is 12.9. The summed E-state index contributed by atoms with van der Waals surface area (Å²) in [5.41, 5.74) is 0.454. The van der Waals surface area contributed by atoms with E-state index in [2.05, 4.69) is 25.6 Å². The highest BCUT2D eigenvalue weighted by molar-refractivity contribution is 7.94. The van der Waals surface area contributed by atoms with Gasteiger partial charge in [-0.1, -0.05) is 47.2 Å². The summed E-state index contributed by atoms with van der Waals surface area (Å²) in [5.74, 6) is -0.981. The molecule has 0 spiro atoms. The second-order valence-electron chi connectivity index (χ2n) is 7.30. The molecule has 0 saturated carbocycles. The molecule has 178 valence electrons. The molecule has 2 heterocycles. The van der Waals surface area contributed by atoms with Gasteiger partial charge in [0.1, 0.15) is 0 Å². The fourth-order valence-electron chi connectivity index (χ4n) is 3.24. The van der Waals surface area contributed by atoms with Gasteiger partial charge in [0.25, 0.3) is 26.2 Å². The quantitative estimate of drug-likeness (QED) is 0.387. The van der Waals surface area contributed by atoms with Crippen molar-refractivity contribution in [1.29, 1.82) is 0 Å². The Morgan fingerprint density at radius 2 is 1.79 bits per heavy atom. The predicted octanol–water partition coefficient (Wildman–Crippen LogP) is 3.15. The number of nitrogens with zero attached hydrogens (tertiary/aromatic N) is 2. The van der Waals surface area contributed by atoms with Crippen LogP contribution in [-0.4, -0.2) is 49.7 Å². The number of nitrogens with one attached hydrogen (secondary N) is 3. The first-order valence-corrected chi connectivity index (χ1v) is 12.9. The lowest BCUT2D eigenvalue weighted by Gasteiger charge is -2.13. The molecule has 3 aromatic rings. The van der Waals surface area contributed by atoms with Crippen molar-refractivity contribution < 1.29 is 22.7 Å². The van der Waals surface area contributed by atoms with Gasteiger partial charge in [-0.05, 0) is 37.1 Å². The van der Waals surface area contributed by atoms with E-state index in [1.807, 2.05) is 0 Å². The van der Waals surface area contributed by atoms with Gasteiger partial charge in [0, 0.05) is 13.2 Å². The van der Waals surface area contributed by atoms with Crippen molar-refractivity contribution in [2.24, 2.45) is 0 Å². The summed E-state index contributed by atoms with van der Waals surface area (Å²) >= 11 is 6.68. The van der Waals surface area contributed by atoms with E-state index in [0.717, 1.165) is 12.8 Å². The smallest absolute Gasteiger partial charge is 0.291 e. The first kappa shape index (κ1) is 24.1. The minimum atomic E-state index is -4.17. The monoisotopic (exact) mass is 521 g/mol. The van der Waals surface area contributed by atoms with Crippen LogP contribution in [0.3, 0.4) is 0 Å². The van der Waals surface area contributed by atoms with Crippen molar-refractivity contribution in [2.45, 2.75) is 23.3 Å². The molecular weight excluding hydrogens is 502 g/mol. The SMILES string of the molecule is O=C(Nc1nnc(S(=O)(=O)Nc2ccccc2C(=O)NCC2CCCO2)s1)c1ccccc1Cl. The minimum Gasteiger partial charge on any atom is -0.376 e. The third kappa shape index (κ3) is 5.70. The zero-order valence-corrected chi connectivity index (χ0v) is 20.0. The number of amides is 2. The van der Waals surface area contributed by atoms with Crippen LogP contribution >= 0.6 is 22.9 Å². The second-order valence-corrected chi connectivity index (χ2v) is 10.5. The molecule has 1 fully saturated rings. The number of carbonyl (C=O) groups excluding carboxylic acids is 2. The summed E-state index contributed by atoms with van der Waals surface area (Å²) < 4.78 is 33.2. The fraction of sp³-hybridized carbons (Fsp3) is 0.238. The number of ether oxygens (including phenoxy) is 1. The third-order valence-corrected chi connectivity index (χ3v) is 7.81. The lowest BCUT2D eigenvalue weighted by atomic mass is 10.1. The number of anilines is 2. The van der Waals surface area contributed by atoms with E-state index >= 15 is 0 Å². The van der Waals surface area contributed by atoms with Crippen molar-refractivity contribution in [3.05, 3.63) is 64.7 Å². The average Bonchev–Trinajstić information content (AvgIpc) is 3.50. The van der Waals surface area contributed by atoms with Gasteiger partial charge >= 0.3 is 0 Å². The van der Waals surface area contributed by atoms with Crippen LogP contribution in [0, 0.1) is 0 Å². The molecule has 10 nitrogen and oxygen atoms in total. The molecule has 1 aliphatic heterocycles. The molecule has 0 bridgehead atoms. The summed E-state index contributed by atoms with van der Waals surface area (Å²) in [7, 11) is -4.17. The van der Waals surface area contributed by atoms with E-state index in [9.17, 15) is 18.0 Å². The van der Waals surface area contributed by atoms with Gasteiger partial charge in [-0.25, -0.2) is 0 Å². The normalized spacial score (nSPS) is 15.6. The van der Waals surface area contributed by atoms with E-state index in [0.29, 0.717) is 24.5 Å². The number of aromatic nitrogens is 2. The number of halogens is 1. The van der Waals surface area contributed by atoms with E-state index in [-0.39, 0.29) is 37.4 Å². The predicted molar refractivity (Wildman–Crippen MR) is 128 cm³/mol. The average molecular weight is 522 g/mol. The highest BCUT2D eigenvalue weighted by Crippen LogP contribution is 2.25. The molecule has 2 amide bonds. The Balaban J connectivity index is 1.45. The molecule has 1 atom stereocenters. The summed E-state index contributed by atoms with van der Waals surface area (Å²) in [6, 6.07) is 12.6. The van der Waals surface area contributed by atoms with Gasteiger partial charge in [0.05, 0.1) is 27.9 Å². The number of para-hydroxylation sites is 1. The van der Waals surface area contributed by atoms with Crippen LogP contribution in [0.1, 0.15) is 33.6 Å². The van der Waals surface area contributed by atoms with Crippen molar-refractivity contribution in [1.82, 2.24) is 15.5 Å². The maximum Gasteiger partial charge on any atom is 0.291 e. The fourth-order valence-corrected chi connectivity index (χ4v) is 5.44. The lowest BCUT2D eigenvalue weighted by molar-refractivity contribution is 0.0858. The van der Waals surface area contributed by atoms with Gasteiger partial charge in [-0.15, -0.1) is 10.2 Å². The largest absolute Gasteiger partial charge is 0.376 e. The van der Waals surface area contributed by atoms with Gasteiger partial charge in [-0.3, -0.25) is 19.6 Å². The second kappa shape index (κ2) is 10.5. The molecule has 0 radical (unpaired) electrons. The van der Waals surface area contributed by atoms with Crippen molar-refractivity contribution in [3.8, 4) is 0 Å². The number of rotatable bonds is 8. The number of carbonyl (C=O) groups is 2. The number of hydrogen-bond donors (Lipinski definition) is 3. The molecule has 2 aromatic carbocycles. The maximum atomic E-state index is 12.9. The Kier molecular flexibility index (Phi) is 7.41. The van der Waals surface area contributed by atoms with Crippen LogP contribution in [0.15, 0.2) is 52.9 Å². The topological polar surface area (TPSA) is 139 Å². The molecule has 3 N–H and O–H groups in total. The zero-order chi connectivity index (χ0) is 24.1. The Hall–Kier alpha value is -3.06. The van der Waals surface area contributed by atoms with Crippen molar-refractivity contribution >= 4 is 55.6 Å². The van der Waals surface area contributed by atoms with Crippen LogP contribution in [0.2, 0.25) is 5.02 Å². The van der Waals surface area contributed by atoms with E-state index in [1.54, 1.807) is 30.3 Å². The Morgan fingerprint density at radius 3 is 2.53 bits per heavy atom. The number of benzene rings is 2. The Morgan fingerprint density at radius 1 is 1.06 bits per heavy atom. The van der Waals surface area contributed by atoms with Gasteiger partial charge in [0.15, 0.2) is 0 Å². The van der Waals surface area contributed by atoms with Crippen LogP contribution < -0.4 is 15.4 Å². The van der Waals surface area contributed by atoms with Crippen molar-refractivity contribution in [3.63, 3.8) is 0 Å². The minimum absolute atomic E-state index is 0.0205. The molecule has 1 saturated heterocycles. The molecule has 1 aliphatic rings. The first-order chi connectivity index (χ1) is 16.3. The van der Waals surface area contributed by atoms with Gasteiger partial charge < -0.3 is 10.1 Å². The molecule has 0 aliphatic carbocycles. The first-order valence-electron chi connectivity index (χ1n) is 10.2. The summed E-state index contributed by atoms with van der Waals surface area (Å²) in [6.07, 6.45) is 1.76. The van der Waals surface area contributed by atoms with Crippen LogP contribution in [0.5, 0.6) is 0 Å².